The van der Waals surface area contributed by atoms with Crippen LogP contribution in [0.5, 0.6) is 0 Å². The van der Waals surface area contributed by atoms with Crippen molar-refractivity contribution >= 4 is 49.6 Å². The van der Waals surface area contributed by atoms with Crippen molar-refractivity contribution in [3.63, 3.8) is 0 Å². The van der Waals surface area contributed by atoms with Crippen molar-refractivity contribution in [2.75, 3.05) is 26.1 Å². The number of halogens is 1. The Kier molecular flexibility index (Phi) is 8.41. The van der Waals surface area contributed by atoms with E-state index in [1.807, 2.05) is 0 Å². The van der Waals surface area contributed by atoms with Crippen LogP contribution >= 0.6 is 15.6 Å². The fourth-order valence-electron chi connectivity index (χ4n) is 5.52. The maximum atomic E-state index is 15.1. The molecule has 2 aliphatic heterocycles. The molecule has 0 amide bonds. The number of ether oxygens (including phenoxy) is 2. The predicted molar refractivity (Wildman–Crippen MR) is 156 cm³/mol. The summed E-state index contributed by atoms with van der Waals surface area (Å²) >= 11 is 0. The van der Waals surface area contributed by atoms with Crippen LogP contribution in [0.1, 0.15) is 18.9 Å². The summed E-state index contributed by atoms with van der Waals surface area (Å²) in [6, 6.07) is 0. The van der Waals surface area contributed by atoms with Crippen LogP contribution in [0.25, 0.3) is 28.1 Å². The Morgan fingerprint density at radius 3 is 2.58 bits per heavy atom. The molecule has 25 heteroatoms. The lowest BCUT2D eigenvalue weighted by Crippen LogP contribution is -2.36. The lowest BCUT2D eigenvalue weighted by atomic mass is 10.1. The van der Waals surface area contributed by atoms with E-state index in [1.165, 1.54) is 44.9 Å². The zero-order valence-corrected chi connectivity index (χ0v) is 26.3. The number of hydrogen-bond donors (Lipinski definition) is 5. The maximum Gasteiger partial charge on any atom is 0.472 e. The largest absolute Gasteiger partial charge is 0.472 e. The number of nitrogens with one attached hydrogen (secondary N) is 1. The number of imidazole rings is 3. The number of aromatic amines is 1. The van der Waals surface area contributed by atoms with Crippen molar-refractivity contribution in [3.05, 3.63) is 41.7 Å². The van der Waals surface area contributed by atoms with Crippen molar-refractivity contribution in [2.45, 2.75) is 49.5 Å². The van der Waals surface area contributed by atoms with E-state index in [1.54, 1.807) is 0 Å². The molecule has 6 N–H and O–H groups in total. The SMILES string of the molecule is COP(=O)(O)OC[C@H]1O[C@@H](n2cnc3c(=O)n4ccnc4[nH]c32)[C@H](O)[C@@H]1OP(=O)(O)OC[C@@H]1C[C@@H](F)[C@H](n2cnc3c(N)ncnc32)O1. The van der Waals surface area contributed by atoms with E-state index < -0.39 is 77.5 Å². The van der Waals surface area contributed by atoms with E-state index in [-0.39, 0.29) is 40.3 Å². The molecular weight excluding hydrogens is 689 g/mol. The third-order valence-electron chi connectivity index (χ3n) is 7.77. The van der Waals surface area contributed by atoms with Crippen LogP contribution in [0, 0.1) is 0 Å². The number of phosphoric ester groups is 2. The van der Waals surface area contributed by atoms with Gasteiger partial charge in [0.15, 0.2) is 29.4 Å². The first-order chi connectivity index (χ1) is 22.9. The van der Waals surface area contributed by atoms with Gasteiger partial charge in [-0.1, -0.05) is 0 Å². The third-order valence-corrected chi connectivity index (χ3v) is 9.69. The summed E-state index contributed by atoms with van der Waals surface area (Å²) in [7, 11) is -8.75. The number of aliphatic hydroxyl groups is 1. The van der Waals surface area contributed by atoms with Crippen LogP contribution < -0.4 is 11.3 Å². The summed E-state index contributed by atoms with van der Waals surface area (Å²) in [5.74, 6) is 0.234. The number of H-pyrrole nitrogens is 1. The van der Waals surface area contributed by atoms with Crippen LogP contribution in [0.3, 0.4) is 0 Å². The number of nitrogens with zero attached hydrogens (tertiary/aromatic N) is 8. The van der Waals surface area contributed by atoms with Gasteiger partial charge in [-0.3, -0.25) is 32.0 Å². The highest BCUT2D eigenvalue weighted by Gasteiger charge is 2.50. The number of anilines is 1. The molecule has 2 saturated heterocycles. The molecular formula is C23H27FN10O12P2. The van der Waals surface area contributed by atoms with Crippen molar-refractivity contribution in [3.8, 4) is 0 Å². The number of fused-ring (bicyclic) bond motifs is 3. The van der Waals surface area contributed by atoms with Gasteiger partial charge in [0.05, 0.1) is 32.0 Å². The molecule has 9 atom stereocenters. The van der Waals surface area contributed by atoms with Gasteiger partial charge in [-0.05, 0) is 0 Å². The summed E-state index contributed by atoms with van der Waals surface area (Å²) < 4.78 is 75.2. The van der Waals surface area contributed by atoms with Crippen molar-refractivity contribution in [1.82, 2.24) is 43.4 Å². The molecule has 22 nitrogen and oxygen atoms in total. The predicted octanol–water partition coefficient (Wildman–Crippen LogP) is -0.0561. The molecule has 48 heavy (non-hydrogen) atoms. The van der Waals surface area contributed by atoms with Crippen LogP contribution in [0.2, 0.25) is 0 Å². The van der Waals surface area contributed by atoms with Gasteiger partial charge in [0.1, 0.15) is 42.0 Å². The fraction of sp³-hybridized carbons (Fsp3) is 0.478. The molecule has 5 aromatic rings. The highest BCUT2D eigenvalue weighted by molar-refractivity contribution is 7.47. The molecule has 7 heterocycles. The molecule has 0 bridgehead atoms. The molecule has 2 fully saturated rings. The van der Waals surface area contributed by atoms with Crippen LogP contribution in [0.4, 0.5) is 10.2 Å². The molecule has 0 spiro atoms. The minimum absolute atomic E-state index is 0.0514. The van der Waals surface area contributed by atoms with Crippen molar-refractivity contribution in [2.24, 2.45) is 0 Å². The van der Waals surface area contributed by atoms with Crippen LogP contribution in [-0.4, -0.2) is 109 Å². The van der Waals surface area contributed by atoms with Gasteiger partial charge >= 0.3 is 15.6 Å². The average Bonchev–Trinajstić information content (AvgIpc) is 3.88. The summed E-state index contributed by atoms with van der Waals surface area (Å²) in [4.78, 5) is 56.3. The lowest BCUT2D eigenvalue weighted by molar-refractivity contribution is -0.0526. The number of hydrogen-bond acceptors (Lipinski definition) is 16. The molecule has 258 valence electrons. The van der Waals surface area contributed by atoms with E-state index in [2.05, 4.69) is 34.4 Å². The van der Waals surface area contributed by atoms with Gasteiger partial charge in [-0.2, -0.15) is 0 Å². The Morgan fingerprint density at radius 1 is 1.04 bits per heavy atom. The number of phosphoric acid groups is 2. The zero-order valence-electron chi connectivity index (χ0n) is 24.5. The third kappa shape index (κ3) is 5.92. The first kappa shape index (κ1) is 32.8. The Hall–Kier alpha value is -3.73. The van der Waals surface area contributed by atoms with Gasteiger partial charge in [0, 0.05) is 25.9 Å². The van der Waals surface area contributed by atoms with Crippen LogP contribution in [-0.2, 0) is 36.7 Å². The first-order valence-corrected chi connectivity index (χ1v) is 17.0. The van der Waals surface area contributed by atoms with Gasteiger partial charge in [0.2, 0.25) is 5.78 Å². The molecule has 2 aliphatic rings. The zero-order chi connectivity index (χ0) is 34.0. The monoisotopic (exact) mass is 716 g/mol. The maximum absolute atomic E-state index is 15.1. The Morgan fingerprint density at radius 2 is 1.79 bits per heavy atom. The molecule has 5 aromatic heterocycles. The first-order valence-electron chi connectivity index (χ1n) is 14.0. The van der Waals surface area contributed by atoms with E-state index in [9.17, 15) is 28.8 Å². The molecule has 0 saturated carbocycles. The van der Waals surface area contributed by atoms with Crippen molar-refractivity contribution < 1.29 is 56.0 Å². The van der Waals surface area contributed by atoms with Gasteiger partial charge < -0.3 is 35.1 Å². The second-order valence-electron chi connectivity index (χ2n) is 10.7. The minimum Gasteiger partial charge on any atom is -0.386 e. The number of alkyl halides is 1. The normalized spacial score (nSPS) is 28.8. The standard InChI is InChI=1S/C23H27FN10O12P2/c1-41-47(37,38)43-6-12-16(15(35)22(45-12)34-9-30-14-19(34)31-23-26-2-3-32(23)20(14)36)46-48(39,40)42-5-10-4-11(24)21(44-10)33-8-29-13-17(25)27-7-28-18(13)33/h2-3,7-12,15-16,21-22,35H,4-6H2,1H3,(H,26,31)(H,37,38)(H,39,40)(H2,25,27,28)/t10-,11+,12+,15+,16+,21+,22+/m0/s1. The smallest absolute Gasteiger partial charge is 0.386 e. The van der Waals surface area contributed by atoms with E-state index in [4.69, 9.17) is 28.8 Å². The van der Waals surface area contributed by atoms with Gasteiger partial charge in [-0.25, -0.2) is 42.8 Å². The Balaban J connectivity index is 1.08. The lowest BCUT2D eigenvalue weighted by Gasteiger charge is -2.24. The Bertz CT molecular complexity index is 2140. The highest BCUT2D eigenvalue weighted by atomic mass is 31.2. The number of nitrogen functional groups attached to an aromatic ring is 1. The number of aromatic nitrogens is 9. The number of nitrogens with two attached hydrogens (primary N) is 1. The van der Waals surface area contributed by atoms with Crippen molar-refractivity contribution in [1.29, 1.82) is 0 Å². The van der Waals surface area contributed by atoms with E-state index >= 15 is 4.39 Å². The number of aliphatic hydroxyl groups excluding tert-OH is 1. The van der Waals surface area contributed by atoms with E-state index in [0.717, 1.165) is 7.11 Å². The molecule has 7 rings (SSSR count). The minimum atomic E-state index is -5.08. The average molecular weight is 716 g/mol. The highest BCUT2D eigenvalue weighted by Crippen LogP contribution is 2.50. The van der Waals surface area contributed by atoms with Crippen LogP contribution in [0.15, 0.2) is 36.2 Å². The van der Waals surface area contributed by atoms with E-state index in [0.29, 0.717) is 0 Å². The quantitative estimate of drug-likeness (QED) is 0.112. The summed E-state index contributed by atoms with van der Waals surface area (Å²) in [6.07, 6.45) is -4.04. The Labute approximate surface area is 266 Å². The topological polar surface area (TPSA) is 288 Å². The molecule has 2 unspecified atom stereocenters. The van der Waals surface area contributed by atoms with Gasteiger partial charge in [-0.15, -0.1) is 0 Å². The summed E-state index contributed by atoms with van der Waals surface area (Å²) in [6.45, 7) is -1.39. The molecule has 0 radical (unpaired) electrons. The second-order valence-corrected chi connectivity index (χ2v) is 13.7. The number of rotatable bonds is 11. The summed E-state index contributed by atoms with van der Waals surface area (Å²) in [5.41, 5.74) is 5.75. The molecule has 0 aromatic carbocycles. The fourth-order valence-corrected chi connectivity index (χ4v) is 6.94. The molecule has 0 aliphatic carbocycles. The second kappa shape index (κ2) is 12.3. The summed E-state index contributed by atoms with van der Waals surface area (Å²) in [5, 5.41) is 11.3. The van der Waals surface area contributed by atoms with Gasteiger partial charge in [0.25, 0.3) is 5.56 Å².